The SMILES string of the molecule is CCOc1ccc(N2CC(S)CC2=O)cn1. The van der Waals surface area contributed by atoms with Gasteiger partial charge in [0, 0.05) is 24.3 Å². The Kier molecular flexibility index (Phi) is 3.33. The molecule has 1 saturated heterocycles. The highest BCUT2D eigenvalue weighted by molar-refractivity contribution is 7.81. The van der Waals surface area contributed by atoms with E-state index in [2.05, 4.69) is 17.6 Å². The lowest BCUT2D eigenvalue weighted by molar-refractivity contribution is -0.117. The standard InChI is InChI=1S/C11H14N2O2S/c1-2-15-10-4-3-8(6-12-10)13-7-9(16)5-11(13)14/h3-4,6,9,16H,2,5,7H2,1H3. The van der Waals surface area contributed by atoms with Crippen LogP contribution in [0.15, 0.2) is 18.3 Å². The van der Waals surface area contributed by atoms with Gasteiger partial charge in [-0.05, 0) is 13.0 Å². The topological polar surface area (TPSA) is 42.4 Å². The van der Waals surface area contributed by atoms with Gasteiger partial charge in [0.15, 0.2) is 0 Å². The Morgan fingerprint density at radius 3 is 2.94 bits per heavy atom. The van der Waals surface area contributed by atoms with Gasteiger partial charge >= 0.3 is 0 Å². The van der Waals surface area contributed by atoms with Crippen LogP contribution in [0.25, 0.3) is 0 Å². The van der Waals surface area contributed by atoms with Crippen molar-refractivity contribution in [1.29, 1.82) is 0 Å². The second-order valence-corrected chi connectivity index (χ2v) is 4.38. The van der Waals surface area contributed by atoms with E-state index in [1.54, 1.807) is 17.2 Å². The molecule has 1 aromatic rings. The summed E-state index contributed by atoms with van der Waals surface area (Å²) >= 11 is 4.31. The molecule has 0 radical (unpaired) electrons. The van der Waals surface area contributed by atoms with E-state index in [0.717, 1.165) is 5.69 Å². The van der Waals surface area contributed by atoms with E-state index in [0.29, 0.717) is 25.5 Å². The first-order chi connectivity index (χ1) is 7.70. The summed E-state index contributed by atoms with van der Waals surface area (Å²) in [6.45, 7) is 3.15. The summed E-state index contributed by atoms with van der Waals surface area (Å²) in [5.41, 5.74) is 0.810. The van der Waals surface area contributed by atoms with Crippen LogP contribution in [0.3, 0.4) is 0 Å². The van der Waals surface area contributed by atoms with Gasteiger partial charge in [-0.25, -0.2) is 4.98 Å². The lowest BCUT2D eigenvalue weighted by Crippen LogP contribution is -2.24. The zero-order valence-electron chi connectivity index (χ0n) is 9.09. The van der Waals surface area contributed by atoms with Gasteiger partial charge < -0.3 is 9.64 Å². The molecule has 0 spiro atoms. The number of aromatic nitrogens is 1. The fraction of sp³-hybridized carbons (Fsp3) is 0.455. The van der Waals surface area contributed by atoms with Gasteiger partial charge in [-0.1, -0.05) is 0 Å². The number of anilines is 1. The predicted molar refractivity (Wildman–Crippen MR) is 65.2 cm³/mol. The third-order valence-corrected chi connectivity index (χ3v) is 2.78. The van der Waals surface area contributed by atoms with Gasteiger partial charge in [0.2, 0.25) is 11.8 Å². The zero-order valence-corrected chi connectivity index (χ0v) is 9.98. The second-order valence-electron chi connectivity index (χ2n) is 3.65. The average Bonchev–Trinajstić information content (AvgIpc) is 2.59. The lowest BCUT2D eigenvalue weighted by Gasteiger charge is -2.15. The van der Waals surface area contributed by atoms with Crippen LogP contribution in [0.5, 0.6) is 5.88 Å². The van der Waals surface area contributed by atoms with Crippen molar-refractivity contribution in [3.8, 4) is 5.88 Å². The molecule has 0 N–H and O–H groups in total. The van der Waals surface area contributed by atoms with Crippen LogP contribution >= 0.6 is 12.6 Å². The Morgan fingerprint density at radius 1 is 1.62 bits per heavy atom. The van der Waals surface area contributed by atoms with E-state index in [1.807, 2.05) is 13.0 Å². The number of hydrogen-bond donors (Lipinski definition) is 1. The van der Waals surface area contributed by atoms with E-state index in [4.69, 9.17) is 4.74 Å². The minimum Gasteiger partial charge on any atom is -0.478 e. The molecule has 4 nitrogen and oxygen atoms in total. The number of hydrogen-bond acceptors (Lipinski definition) is 4. The van der Waals surface area contributed by atoms with E-state index in [9.17, 15) is 4.79 Å². The third kappa shape index (κ3) is 2.29. The summed E-state index contributed by atoms with van der Waals surface area (Å²) in [4.78, 5) is 17.5. The summed E-state index contributed by atoms with van der Waals surface area (Å²) < 4.78 is 5.24. The molecule has 1 aliphatic rings. The number of carbonyl (C=O) groups is 1. The van der Waals surface area contributed by atoms with Crippen LogP contribution in [0.4, 0.5) is 5.69 Å². The fourth-order valence-corrected chi connectivity index (χ4v) is 2.02. The van der Waals surface area contributed by atoms with Crippen molar-refractivity contribution in [1.82, 2.24) is 4.98 Å². The molecule has 1 aromatic heterocycles. The normalized spacial score (nSPS) is 20.2. The fourth-order valence-electron chi connectivity index (χ4n) is 1.70. The maximum Gasteiger partial charge on any atom is 0.228 e. The molecule has 1 amide bonds. The van der Waals surface area contributed by atoms with Crippen LogP contribution in [0.1, 0.15) is 13.3 Å². The first kappa shape index (κ1) is 11.3. The number of pyridine rings is 1. The molecule has 1 unspecified atom stereocenters. The van der Waals surface area contributed by atoms with E-state index in [-0.39, 0.29) is 11.2 Å². The van der Waals surface area contributed by atoms with Crippen molar-refractivity contribution in [3.63, 3.8) is 0 Å². The first-order valence-electron chi connectivity index (χ1n) is 5.28. The molecule has 86 valence electrons. The van der Waals surface area contributed by atoms with Crippen LogP contribution in [-0.2, 0) is 4.79 Å². The van der Waals surface area contributed by atoms with E-state index < -0.39 is 0 Å². The van der Waals surface area contributed by atoms with Gasteiger partial charge in [0.25, 0.3) is 0 Å². The lowest BCUT2D eigenvalue weighted by atomic mass is 10.4. The van der Waals surface area contributed by atoms with Gasteiger partial charge in [0.05, 0.1) is 18.5 Å². The maximum atomic E-state index is 11.6. The Balaban J connectivity index is 2.12. The Labute approximate surface area is 100 Å². The molecule has 2 rings (SSSR count). The van der Waals surface area contributed by atoms with Crippen molar-refractivity contribution in [2.45, 2.75) is 18.6 Å². The van der Waals surface area contributed by atoms with Crippen LogP contribution < -0.4 is 9.64 Å². The highest BCUT2D eigenvalue weighted by Crippen LogP contribution is 2.24. The summed E-state index contributed by atoms with van der Waals surface area (Å²) in [5.74, 6) is 0.686. The van der Waals surface area contributed by atoms with Crippen molar-refractivity contribution in [2.75, 3.05) is 18.1 Å². The van der Waals surface area contributed by atoms with Crippen LogP contribution in [0, 0.1) is 0 Å². The Morgan fingerprint density at radius 2 is 2.44 bits per heavy atom. The highest BCUT2D eigenvalue weighted by Gasteiger charge is 2.28. The molecule has 0 aromatic carbocycles. The number of amides is 1. The summed E-state index contributed by atoms with van der Waals surface area (Å²) in [6.07, 6.45) is 2.16. The third-order valence-electron chi connectivity index (χ3n) is 2.43. The quantitative estimate of drug-likeness (QED) is 0.812. The van der Waals surface area contributed by atoms with Gasteiger partial charge in [-0.2, -0.15) is 12.6 Å². The van der Waals surface area contributed by atoms with Gasteiger partial charge in [0.1, 0.15) is 0 Å². The summed E-state index contributed by atoms with van der Waals surface area (Å²) in [6, 6.07) is 3.62. The minimum absolute atomic E-state index is 0.103. The summed E-state index contributed by atoms with van der Waals surface area (Å²) in [7, 11) is 0. The monoisotopic (exact) mass is 238 g/mol. The van der Waals surface area contributed by atoms with Crippen LogP contribution in [0.2, 0.25) is 0 Å². The molecular formula is C11H14N2O2S. The minimum atomic E-state index is 0.103. The molecule has 5 heteroatoms. The van der Waals surface area contributed by atoms with Gasteiger partial charge in [-0.15, -0.1) is 0 Å². The Bertz CT molecular complexity index is 380. The average molecular weight is 238 g/mol. The molecule has 0 aliphatic carbocycles. The van der Waals surface area contributed by atoms with Crippen molar-refractivity contribution in [2.24, 2.45) is 0 Å². The van der Waals surface area contributed by atoms with Crippen LogP contribution in [-0.4, -0.2) is 29.3 Å². The van der Waals surface area contributed by atoms with Crippen molar-refractivity contribution >= 4 is 24.2 Å². The van der Waals surface area contributed by atoms with Gasteiger partial charge in [-0.3, -0.25) is 4.79 Å². The molecule has 2 heterocycles. The molecule has 1 fully saturated rings. The molecule has 0 bridgehead atoms. The number of nitrogens with zero attached hydrogens (tertiary/aromatic N) is 2. The van der Waals surface area contributed by atoms with Crippen molar-refractivity contribution < 1.29 is 9.53 Å². The molecule has 1 aliphatic heterocycles. The molecular weight excluding hydrogens is 224 g/mol. The second kappa shape index (κ2) is 4.74. The molecule has 1 atom stereocenters. The molecule has 16 heavy (non-hydrogen) atoms. The van der Waals surface area contributed by atoms with Crippen molar-refractivity contribution in [3.05, 3.63) is 18.3 Å². The first-order valence-corrected chi connectivity index (χ1v) is 5.79. The smallest absolute Gasteiger partial charge is 0.228 e. The zero-order chi connectivity index (χ0) is 11.5. The number of rotatable bonds is 3. The highest BCUT2D eigenvalue weighted by atomic mass is 32.1. The largest absolute Gasteiger partial charge is 0.478 e. The molecule has 0 saturated carbocycles. The predicted octanol–water partition coefficient (Wildman–Crippen LogP) is 1.52. The Hall–Kier alpha value is -1.23. The number of ether oxygens (including phenoxy) is 1. The summed E-state index contributed by atoms with van der Waals surface area (Å²) in [5, 5.41) is 0.124. The van der Waals surface area contributed by atoms with E-state index >= 15 is 0 Å². The van der Waals surface area contributed by atoms with E-state index in [1.165, 1.54) is 0 Å². The number of carbonyl (C=O) groups excluding carboxylic acids is 1. The maximum absolute atomic E-state index is 11.6. The number of thiol groups is 1.